The number of benzene rings is 1. The number of nitrogens with zero attached hydrogens (tertiary/aromatic N) is 2. The molecule has 2 N–H and O–H groups in total. The van der Waals surface area contributed by atoms with Gasteiger partial charge in [0, 0.05) is 18.8 Å². The second-order valence-corrected chi connectivity index (χ2v) is 8.15. The van der Waals surface area contributed by atoms with Crippen molar-refractivity contribution in [3.8, 4) is 0 Å². The lowest BCUT2D eigenvalue weighted by molar-refractivity contribution is -0.135. The molecule has 0 spiro atoms. The molecular weight excluding hydrogens is 390 g/mol. The summed E-state index contributed by atoms with van der Waals surface area (Å²) >= 11 is 4.84. The SMILES string of the molecule is CC1=C(C(N)=O)SC(N2CCCC(Br)C2=O)N1Cc1ccccc1. The molecule has 1 aromatic rings. The number of carbonyl (C=O) groups excluding carboxylic acids is 2. The first-order chi connectivity index (χ1) is 11.5. The third-order valence-corrected chi connectivity index (χ3v) is 6.64. The van der Waals surface area contributed by atoms with Crippen LogP contribution in [-0.4, -0.2) is 38.5 Å². The number of allylic oxidation sites excluding steroid dienone is 1. The average Bonchev–Trinajstić information content (AvgIpc) is 2.88. The Bertz CT molecular complexity index is 680. The van der Waals surface area contributed by atoms with Crippen LogP contribution < -0.4 is 5.73 Å². The van der Waals surface area contributed by atoms with Crippen LogP contribution in [0.25, 0.3) is 0 Å². The molecule has 2 heterocycles. The van der Waals surface area contributed by atoms with Crippen molar-refractivity contribution in [1.29, 1.82) is 0 Å². The van der Waals surface area contributed by atoms with E-state index in [1.165, 1.54) is 11.8 Å². The fourth-order valence-electron chi connectivity index (χ4n) is 3.07. The summed E-state index contributed by atoms with van der Waals surface area (Å²) in [5.74, 6) is -0.353. The zero-order chi connectivity index (χ0) is 17.3. The number of carbonyl (C=O) groups is 2. The van der Waals surface area contributed by atoms with Crippen LogP contribution in [0, 0.1) is 0 Å². The Morgan fingerprint density at radius 1 is 1.38 bits per heavy atom. The van der Waals surface area contributed by atoms with Crippen molar-refractivity contribution in [2.75, 3.05) is 6.54 Å². The molecule has 2 amide bonds. The number of rotatable bonds is 4. The number of likely N-dealkylation sites (tertiary alicyclic amines) is 1. The van der Waals surface area contributed by atoms with Crippen molar-refractivity contribution < 1.29 is 9.59 Å². The summed E-state index contributed by atoms with van der Waals surface area (Å²) in [4.78, 5) is 28.7. The number of nitrogens with two attached hydrogens (primary N) is 1. The van der Waals surface area contributed by atoms with Gasteiger partial charge in [-0.15, -0.1) is 0 Å². The first kappa shape index (κ1) is 17.4. The summed E-state index contributed by atoms with van der Waals surface area (Å²) < 4.78 is 0. The van der Waals surface area contributed by atoms with E-state index in [4.69, 9.17) is 5.73 Å². The summed E-state index contributed by atoms with van der Waals surface area (Å²) in [5.41, 5.74) is 7.29. The second kappa shape index (κ2) is 7.19. The highest BCUT2D eigenvalue weighted by molar-refractivity contribution is 9.10. The van der Waals surface area contributed by atoms with Crippen molar-refractivity contribution in [2.45, 2.75) is 36.6 Å². The van der Waals surface area contributed by atoms with Crippen LogP contribution in [0.2, 0.25) is 0 Å². The number of hydrogen-bond acceptors (Lipinski definition) is 4. The molecule has 2 atom stereocenters. The number of thioether (sulfide) groups is 1. The Morgan fingerprint density at radius 2 is 2.08 bits per heavy atom. The van der Waals surface area contributed by atoms with E-state index in [2.05, 4.69) is 20.8 Å². The third-order valence-electron chi connectivity index (χ3n) is 4.34. The van der Waals surface area contributed by atoms with Crippen LogP contribution in [0.3, 0.4) is 0 Å². The number of alkyl halides is 1. The molecule has 7 heteroatoms. The van der Waals surface area contributed by atoms with E-state index in [1.54, 1.807) is 0 Å². The van der Waals surface area contributed by atoms with Crippen LogP contribution in [-0.2, 0) is 16.1 Å². The molecule has 2 aliphatic rings. The molecule has 0 radical (unpaired) electrons. The number of halogens is 1. The molecule has 5 nitrogen and oxygen atoms in total. The quantitative estimate of drug-likeness (QED) is 0.776. The normalized spacial score (nSPS) is 24.7. The fourth-order valence-corrected chi connectivity index (χ4v) is 4.97. The first-order valence-electron chi connectivity index (χ1n) is 7.91. The van der Waals surface area contributed by atoms with Gasteiger partial charge in [0.05, 0.1) is 9.73 Å². The highest BCUT2D eigenvalue weighted by Gasteiger charge is 2.41. The van der Waals surface area contributed by atoms with Gasteiger partial charge < -0.3 is 15.5 Å². The van der Waals surface area contributed by atoms with Crippen molar-refractivity contribution in [1.82, 2.24) is 9.80 Å². The molecule has 0 aliphatic carbocycles. The van der Waals surface area contributed by atoms with Crippen LogP contribution in [0.1, 0.15) is 25.3 Å². The molecule has 0 aromatic heterocycles. The monoisotopic (exact) mass is 409 g/mol. The maximum absolute atomic E-state index is 12.6. The molecule has 128 valence electrons. The summed E-state index contributed by atoms with van der Waals surface area (Å²) in [6.07, 6.45) is 1.79. The summed E-state index contributed by atoms with van der Waals surface area (Å²) in [7, 11) is 0. The lowest BCUT2D eigenvalue weighted by Gasteiger charge is -2.39. The Balaban J connectivity index is 1.89. The van der Waals surface area contributed by atoms with Crippen LogP contribution >= 0.6 is 27.7 Å². The van der Waals surface area contributed by atoms with Gasteiger partial charge in [-0.05, 0) is 25.3 Å². The number of amides is 2. The molecule has 3 rings (SSSR count). The van der Waals surface area contributed by atoms with E-state index in [-0.39, 0.29) is 16.2 Å². The summed E-state index contributed by atoms with van der Waals surface area (Å²) in [5, 5.41) is 0. The lowest BCUT2D eigenvalue weighted by Crippen LogP contribution is -2.51. The van der Waals surface area contributed by atoms with E-state index < -0.39 is 5.91 Å². The molecule has 24 heavy (non-hydrogen) atoms. The molecule has 2 aliphatic heterocycles. The maximum Gasteiger partial charge on any atom is 0.257 e. The minimum absolute atomic E-state index is 0.0790. The van der Waals surface area contributed by atoms with E-state index in [1.807, 2.05) is 42.2 Å². The molecule has 0 saturated carbocycles. The maximum atomic E-state index is 12.6. The van der Waals surface area contributed by atoms with Gasteiger partial charge in [-0.3, -0.25) is 9.59 Å². The van der Waals surface area contributed by atoms with Crippen molar-refractivity contribution in [3.63, 3.8) is 0 Å². The lowest BCUT2D eigenvalue weighted by atomic mass is 10.1. The van der Waals surface area contributed by atoms with Gasteiger partial charge in [-0.1, -0.05) is 58.0 Å². The fraction of sp³-hybridized carbons (Fsp3) is 0.412. The van der Waals surface area contributed by atoms with Gasteiger partial charge in [0.2, 0.25) is 5.91 Å². The number of primary amides is 1. The largest absolute Gasteiger partial charge is 0.365 e. The summed E-state index contributed by atoms with van der Waals surface area (Å²) in [6, 6.07) is 10.0. The Kier molecular flexibility index (Phi) is 5.20. The van der Waals surface area contributed by atoms with E-state index in [0.29, 0.717) is 18.0 Å². The number of hydrogen-bond donors (Lipinski definition) is 1. The van der Waals surface area contributed by atoms with Gasteiger partial charge in [0.1, 0.15) is 0 Å². The van der Waals surface area contributed by atoms with Gasteiger partial charge in [-0.2, -0.15) is 0 Å². The highest BCUT2D eigenvalue weighted by Crippen LogP contribution is 2.41. The molecular formula is C17H20BrN3O2S. The Labute approximate surface area is 154 Å². The average molecular weight is 410 g/mol. The predicted molar refractivity (Wildman–Crippen MR) is 98.9 cm³/mol. The van der Waals surface area contributed by atoms with Crippen LogP contribution in [0.5, 0.6) is 0 Å². The smallest absolute Gasteiger partial charge is 0.257 e. The Hall–Kier alpha value is -1.47. The number of piperidine rings is 1. The minimum Gasteiger partial charge on any atom is -0.365 e. The van der Waals surface area contributed by atoms with Crippen molar-refractivity contribution >= 4 is 39.5 Å². The van der Waals surface area contributed by atoms with Gasteiger partial charge in [-0.25, -0.2) is 0 Å². The molecule has 1 fully saturated rings. The van der Waals surface area contributed by atoms with Crippen LogP contribution in [0.15, 0.2) is 40.9 Å². The van der Waals surface area contributed by atoms with Crippen LogP contribution in [0.4, 0.5) is 0 Å². The second-order valence-electron chi connectivity index (χ2n) is 5.98. The molecule has 1 saturated heterocycles. The van der Waals surface area contributed by atoms with Crippen molar-refractivity contribution in [2.24, 2.45) is 5.73 Å². The Morgan fingerprint density at radius 3 is 2.75 bits per heavy atom. The predicted octanol–water partition coefficient (Wildman–Crippen LogP) is 2.62. The third kappa shape index (κ3) is 3.32. The van der Waals surface area contributed by atoms with Gasteiger partial charge in [0.15, 0.2) is 5.50 Å². The highest BCUT2D eigenvalue weighted by atomic mass is 79.9. The van der Waals surface area contributed by atoms with Crippen molar-refractivity contribution in [3.05, 3.63) is 46.5 Å². The standard InChI is InChI=1S/C17H20BrN3O2S/c1-11-14(15(19)22)24-17(20-9-5-8-13(18)16(20)23)21(11)10-12-6-3-2-4-7-12/h2-4,6-7,13,17H,5,8-10H2,1H3,(H2,19,22). The minimum atomic E-state index is -0.432. The molecule has 1 aromatic carbocycles. The zero-order valence-corrected chi connectivity index (χ0v) is 15.8. The van der Waals surface area contributed by atoms with Gasteiger partial charge >= 0.3 is 0 Å². The molecule has 2 unspecified atom stereocenters. The summed E-state index contributed by atoms with van der Waals surface area (Å²) in [6.45, 7) is 3.23. The topological polar surface area (TPSA) is 66.6 Å². The zero-order valence-electron chi connectivity index (χ0n) is 13.4. The molecule has 0 bridgehead atoms. The first-order valence-corrected chi connectivity index (χ1v) is 9.71. The van der Waals surface area contributed by atoms with E-state index in [0.717, 1.165) is 24.1 Å². The van der Waals surface area contributed by atoms with E-state index in [9.17, 15) is 9.59 Å². The van der Waals surface area contributed by atoms with E-state index >= 15 is 0 Å². The van der Waals surface area contributed by atoms with Gasteiger partial charge in [0.25, 0.3) is 5.91 Å².